The lowest BCUT2D eigenvalue weighted by Gasteiger charge is -2.12. The Morgan fingerprint density at radius 2 is 1.79 bits per heavy atom. The Labute approximate surface area is 197 Å². The lowest BCUT2D eigenvalue weighted by atomic mass is 10.1. The molecule has 0 aliphatic rings. The predicted octanol–water partition coefficient (Wildman–Crippen LogP) is 4.47. The molecule has 0 atom stereocenters. The average Bonchev–Trinajstić information content (AvgIpc) is 3.35. The Morgan fingerprint density at radius 3 is 2.45 bits per heavy atom. The van der Waals surface area contributed by atoms with E-state index in [1.54, 1.807) is 30.3 Å². The molecule has 3 rings (SSSR count). The molecule has 8 heteroatoms. The first-order valence-electron chi connectivity index (χ1n) is 10.3. The van der Waals surface area contributed by atoms with E-state index in [1.807, 2.05) is 24.3 Å². The van der Waals surface area contributed by atoms with Gasteiger partial charge in [-0.25, -0.2) is 0 Å². The second kappa shape index (κ2) is 11.8. The van der Waals surface area contributed by atoms with Crippen molar-refractivity contribution >= 4 is 29.5 Å². The average molecular weight is 469 g/mol. The number of furan rings is 1. The van der Waals surface area contributed by atoms with E-state index in [0.29, 0.717) is 34.4 Å². The fourth-order valence-electron chi connectivity index (χ4n) is 3.09. The van der Waals surface area contributed by atoms with Crippen LogP contribution in [0, 0.1) is 0 Å². The largest absolute Gasteiger partial charge is 0.493 e. The summed E-state index contributed by atoms with van der Waals surface area (Å²) in [5, 5.41) is 6.19. The monoisotopic (exact) mass is 468 g/mol. The maximum absolute atomic E-state index is 12.8. The maximum atomic E-state index is 12.8. The molecule has 1 aromatic heterocycles. The number of methoxy groups -OCH3 is 2. The number of hydrogen-bond acceptors (Lipinski definition) is 5. The lowest BCUT2D eigenvalue weighted by molar-refractivity contribution is -0.117. The topological polar surface area (TPSA) is 89.8 Å². The van der Waals surface area contributed by atoms with Crippen molar-refractivity contribution in [2.75, 3.05) is 20.8 Å². The van der Waals surface area contributed by atoms with Gasteiger partial charge in [-0.15, -0.1) is 0 Å². The molecule has 0 radical (unpaired) electrons. The van der Waals surface area contributed by atoms with E-state index in [2.05, 4.69) is 10.6 Å². The molecule has 0 spiro atoms. The van der Waals surface area contributed by atoms with E-state index >= 15 is 0 Å². The summed E-state index contributed by atoms with van der Waals surface area (Å²) >= 11 is 5.91. The number of rotatable bonds is 10. The van der Waals surface area contributed by atoms with Gasteiger partial charge in [0.25, 0.3) is 11.8 Å². The smallest absolute Gasteiger partial charge is 0.267 e. The van der Waals surface area contributed by atoms with Crippen LogP contribution >= 0.6 is 11.6 Å². The Hall–Kier alpha value is -3.71. The second-order valence-electron chi connectivity index (χ2n) is 7.08. The highest BCUT2D eigenvalue weighted by Gasteiger charge is 2.17. The van der Waals surface area contributed by atoms with Crippen molar-refractivity contribution in [3.8, 4) is 11.5 Å². The van der Waals surface area contributed by atoms with Gasteiger partial charge in [0.15, 0.2) is 11.5 Å². The Morgan fingerprint density at radius 1 is 1.03 bits per heavy atom. The number of halogens is 1. The molecule has 3 aromatic rings. The van der Waals surface area contributed by atoms with Gasteiger partial charge in [0, 0.05) is 23.2 Å². The Kier molecular flexibility index (Phi) is 8.55. The normalized spacial score (nSPS) is 11.1. The summed E-state index contributed by atoms with van der Waals surface area (Å²) in [4.78, 5) is 25.6. The first-order valence-corrected chi connectivity index (χ1v) is 10.7. The minimum absolute atomic E-state index is 0.0660. The number of carbonyl (C=O) groups excluding carboxylic acids is 2. The number of hydrogen-bond donors (Lipinski definition) is 2. The van der Waals surface area contributed by atoms with Crippen molar-refractivity contribution < 1.29 is 23.5 Å². The fraction of sp³-hybridized carbons (Fsp3) is 0.200. The minimum atomic E-state index is -0.468. The molecule has 2 aromatic carbocycles. The van der Waals surface area contributed by atoms with E-state index in [4.69, 9.17) is 25.5 Å². The highest BCUT2D eigenvalue weighted by atomic mass is 35.5. The van der Waals surface area contributed by atoms with Crippen molar-refractivity contribution in [2.24, 2.45) is 0 Å². The molecule has 0 saturated heterocycles. The molecule has 2 N–H and O–H groups in total. The minimum Gasteiger partial charge on any atom is -0.493 e. The molecule has 7 nitrogen and oxygen atoms in total. The van der Waals surface area contributed by atoms with Crippen LogP contribution in [0.4, 0.5) is 0 Å². The number of nitrogens with one attached hydrogen (secondary N) is 2. The fourth-order valence-corrected chi connectivity index (χ4v) is 3.21. The zero-order valence-corrected chi connectivity index (χ0v) is 19.1. The van der Waals surface area contributed by atoms with E-state index in [1.165, 1.54) is 26.6 Å². The zero-order valence-electron chi connectivity index (χ0n) is 18.4. The van der Waals surface area contributed by atoms with Crippen LogP contribution in [0.25, 0.3) is 6.08 Å². The van der Waals surface area contributed by atoms with E-state index in [9.17, 15) is 9.59 Å². The molecule has 172 valence electrons. The highest BCUT2D eigenvalue weighted by Crippen LogP contribution is 2.27. The van der Waals surface area contributed by atoms with Crippen LogP contribution in [-0.4, -0.2) is 32.6 Å². The van der Waals surface area contributed by atoms with Crippen LogP contribution in [-0.2, 0) is 11.2 Å². The zero-order chi connectivity index (χ0) is 23.6. The summed E-state index contributed by atoms with van der Waals surface area (Å²) in [7, 11) is 3.00. The molecular weight excluding hydrogens is 444 g/mol. The number of benzene rings is 2. The third kappa shape index (κ3) is 6.89. The molecule has 0 aliphatic carbocycles. The van der Waals surface area contributed by atoms with Gasteiger partial charge >= 0.3 is 0 Å². The summed E-state index contributed by atoms with van der Waals surface area (Å²) < 4.78 is 15.8. The maximum Gasteiger partial charge on any atom is 0.267 e. The second-order valence-corrected chi connectivity index (χ2v) is 7.52. The van der Waals surface area contributed by atoms with Gasteiger partial charge in [0.05, 0.1) is 20.5 Å². The molecule has 0 saturated carbocycles. The van der Waals surface area contributed by atoms with E-state index in [0.717, 1.165) is 18.4 Å². The summed E-state index contributed by atoms with van der Waals surface area (Å²) in [5.74, 6) is 0.461. The van der Waals surface area contributed by atoms with Crippen LogP contribution in [0.5, 0.6) is 11.5 Å². The molecule has 0 fully saturated rings. The Bertz CT molecular complexity index is 1110. The first-order chi connectivity index (χ1) is 16.0. The molecule has 0 bridgehead atoms. The van der Waals surface area contributed by atoms with Crippen molar-refractivity contribution in [1.82, 2.24) is 10.6 Å². The van der Waals surface area contributed by atoms with Crippen molar-refractivity contribution in [3.05, 3.63) is 88.5 Å². The van der Waals surface area contributed by atoms with Crippen molar-refractivity contribution in [1.29, 1.82) is 0 Å². The van der Waals surface area contributed by atoms with Crippen LogP contribution < -0.4 is 20.1 Å². The highest BCUT2D eigenvalue weighted by molar-refractivity contribution is 6.30. The van der Waals surface area contributed by atoms with Gasteiger partial charge < -0.3 is 24.5 Å². The van der Waals surface area contributed by atoms with Gasteiger partial charge in [-0.3, -0.25) is 9.59 Å². The molecule has 1 heterocycles. The van der Waals surface area contributed by atoms with Crippen molar-refractivity contribution in [3.63, 3.8) is 0 Å². The molecule has 33 heavy (non-hydrogen) atoms. The van der Waals surface area contributed by atoms with E-state index < -0.39 is 11.8 Å². The molecular formula is C25H25ClN2O5. The third-order valence-electron chi connectivity index (χ3n) is 4.81. The van der Waals surface area contributed by atoms with Crippen LogP contribution in [0.2, 0.25) is 5.02 Å². The van der Waals surface area contributed by atoms with Crippen LogP contribution in [0.3, 0.4) is 0 Å². The number of aryl methyl sites for hydroxylation is 1. The predicted molar refractivity (Wildman–Crippen MR) is 126 cm³/mol. The SMILES string of the molecule is COc1ccc(C(=O)N/C(=C\c2ccco2)C(=O)NCCCc2ccc(Cl)cc2)cc1OC. The van der Waals surface area contributed by atoms with Gasteiger partial charge in [-0.05, 0) is 60.9 Å². The van der Waals surface area contributed by atoms with Gasteiger partial charge in [-0.1, -0.05) is 23.7 Å². The number of carbonyl (C=O) groups is 2. The summed E-state index contributed by atoms with van der Waals surface area (Å²) in [6.45, 7) is 0.434. The molecule has 0 unspecified atom stereocenters. The summed E-state index contributed by atoms with van der Waals surface area (Å²) in [6, 6.07) is 15.7. The number of amides is 2. The summed E-state index contributed by atoms with van der Waals surface area (Å²) in [5.41, 5.74) is 1.51. The van der Waals surface area contributed by atoms with Gasteiger partial charge in [0.2, 0.25) is 0 Å². The van der Waals surface area contributed by atoms with Crippen LogP contribution in [0.15, 0.2) is 71.0 Å². The molecule has 2 amide bonds. The van der Waals surface area contributed by atoms with E-state index in [-0.39, 0.29) is 5.70 Å². The summed E-state index contributed by atoms with van der Waals surface area (Å²) in [6.07, 6.45) is 4.48. The van der Waals surface area contributed by atoms with Crippen molar-refractivity contribution in [2.45, 2.75) is 12.8 Å². The lowest BCUT2D eigenvalue weighted by Crippen LogP contribution is -2.35. The molecule has 0 aliphatic heterocycles. The number of ether oxygens (including phenoxy) is 2. The Balaban J connectivity index is 1.66. The third-order valence-corrected chi connectivity index (χ3v) is 5.06. The van der Waals surface area contributed by atoms with Crippen LogP contribution in [0.1, 0.15) is 28.1 Å². The standard InChI is InChI=1S/C25H25ClN2O5/c1-31-22-12-9-18(15-23(22)32-2)24(29)28-21(16-20-6-4-14-33-20)25(30)27-13-3-5-17-7-10-19(26)11-8-17/h4,6-12,14-16H,3,5,13H2,1-2H3,(H,27,30)(H,28,29)/b21-16-. The quantitative estimate of drug-likeness (QED) is 0.338. The van der Waals surface area contributed by atoms with Gasteiger partial charge in [0.1, 0.15) is 11.5 Å². The first kappa shape index (κ1) is 23.9. The van der Waals surface area contributed by atoms with Gasteiger partial charge in [-0.2, -0.15) is 0 Å².